The van der Waals surface area contributed by atoms with Crippen LogP contribution in [-0.4, -0.2) is 11.0 Å². The number of aliphatic hydroxyl groups is 1. The molecule has 0 spiro atoms. The van der Waals surface area contributed by atoms with Crippen molar-refractivity contribution in [3.8, 4) is 0 Å². The summed E-state index contributed by atoms with van der Waals surface area (Å²) in [7, 11) is 0. The summed E-state index contributed by atoms with van der Waals surface area (Å²) in [5.41, 5.74) is 1.13. The van der Waals surface area contributed by atoms with Crippen LogP contribution in [0.1, 0.15) is 11.7 Å². The van der Waals surface area contributed by atoms with Gasteiger partial charge in [-0.1, -0.05) is 11.6 Å². The van der Waals surface area contributed by atoms with Crippen LogP contribution in [0.4, 0.5) is 5.69 Å². The molecular formula is C8H5BrClNO2. The molecule has 1 aliphatic heterocycles. The fourth-order valence-electron chi connectivity index (χ4n) is 1.24. The summed E-state index contributed by atoms with van der Waals surface area (Å²) >= 11 is 9.02. The average Bonchev–Trinajstić information content (AvgIpc) is 2.32. The zero-order chi connectivity index (χ0) is 9.59. The molecule has 1 amide bonds. The summed E-state index contributed by atoms with van der Waals surface area (Å²) in [6.07, 6.45) is -1.08. The number of hydrogen-bond donors (Lipinski definition) is 2. The first-order valence-electron chi connectivity index (χ1n) is 3.57. The Morgan fingerprint density at radius 3 is 2.92 bits per heavy atom. The minimum absolute atomic E-state index is 0.413. The Morgan fingerprint density at radius 1 is 1.54 bits per heavy atom. The molecule has 1 aromatic carbocycles. The molecule has 1 heterocycles. The maximum Gasteiger partial charge on any atom is 0.257 e. The Balaban J connectivity index is 2.59. The van der Waals surface area contributed by atoms with Gasteiger partial charge in [0.25, 0.3) is 5.91 Å². The van der Waals surface area contributed by atoms with Crippen molar-refractivity contribution < 1.29 is 9.90 Å². The van der Waals surface area contributed by atoms with Gasteiger partial charge in [-0.2, -0.15) is 0 Å². The number of nitrogens with one attached hydrogen (secondary N) is 1. The van der Waals surface area contributed by atoms with E-state index in [1.165, 1.54) is 0 Å². The first-order chi connectivity index (χ1) is 6.09. The number of carbonyl (C=O) groups excluding carboxylic acids is 1. The van der Waals surface area contributed by atoms with Crippen molar-refractivity contribution in [2.45, 2.75) is 6.10 Å². The van der Waals surface area contributed by atoms with E-state index in [4.69, 9.17) is 11.6 Å². The third-order valence-corrected chi connectivity index (χ3v) is 3.09. The van der Waals surface area contributed by atoms with Crippen molar-refractivity contribution in [2.24, 2.45) is 0 Å². The molecule has 0 aromatic heterocycles. The quantitative estimate of drug-likeness (QED) is 0.752. The smallest absolute Gasteiger partial charge is 0.257 e. The predicted molar refractivity (Wildman–Crippen MR) is 52.7 cm³/mol. The number of fused-ring (bicyclic) bond motifs is 1. The molecule has 0 radical (unpaired) electrons. The monoisotopic (exact) mass is 261 g/mol. The molecule has 5 heteroatoms. The molecule has 1 atom stereocenters. The molecular weight excluding hydrogens is 257 g/mol. The maximum atomic E-state index is 11.0. The highest BCUT2D eigenvalue weighted by Crippen LogP contribution is 2.36. The van der Waals surface area contributed by atoms with Crippen LogP contribution in [0.2, 0.25) is 5.02 Å². The molecule has 0 bridgehead atoms. The van der Waals surface area contributed by atoms with Gasteiger partial charge < -0.3 is 10.4 Å². The molecule has 0 aliphatic carbocycles. The largest absolute Gasteiger partial charge is 0.378 e. The van der Waals surface area contributed by atoms with Crippen LogP contribution in [0.15, 0.2) is 16.6 Å². The van der Waals surface area contributed by atoms with Gasteiger partial charge >= 0.3 is 0 Å². The van der Waals surface area contributed by atoms with Crippen molar-refractivity contribution in [2.75, 3.05) is 5.32 Å². The van der Waals surface area contributed by atoms with Gasteiger partial charge in [0, 0.05) is 15.7 Å². The summed E-state index contributed by atoms with van der Waals surface area (Å²) in [5, 5.41) is 12.4. The number of carbonyl (C=O) groups is 1. The number of benzene rings is 1. The zero-order valence-electron chi connectivity index (χ0n) is 6.34. The van der Waals surface area contributed by atoms with Crippen LogP contribution in [0.25, 0.3) is 0 Å². The second kappa shape index (κ2) is 2.97. The fraction of sp³-hybridized carbons (Fsp3) is 0.125. The van der Waals surface area contributed by atoms with Gasteiger partial charge in [0.2, 0.25) is 0 Å². The lowest BCUT2D eigenvalue weighted by atomic mass is 10.1. The summed E-state index contributed by atoms with van der Waals surface area (Å²) < 4.78 is 0.670. The number of rotatable bonds is 0. The van der Waals surface area contributed by atoms with E-state index >= 15 is 0 Å². The topological polar surface area (TPSA) is 49.3 Å². The second-order valence-electron chi connectivity index (χ2n) is 2.75. The van der Waals surface area contributed by atoms with E-state index in [0.717, 1.165) is 0 Å². The highest BCUT2D eigenvalue weighted by atomic mass is 79.9. The summed E-state index contributed by atoms with van der Waals surface area (Å²) in [6.45, 7) is 0. The van der Waals surface area contributed by atoms with E-state index in [1.54, 1.807) is 12.1 Å². The van der Waals surface area contributed by atoms with E-state index in [-0.39, 0.29) is 0 Å². The first-order valence-corrected chi connectivity index (χ1v) is 4.74. The lowest BCUT2D eigenvalue weighted by Crippen LogP contribution is -2.10. The molecule has 1 unspecified atom stereocenters. The number of hydrogen-bond acceptors (Lipinski definition) is 2. The molecule has 2 rings (SSSR count). The van der Waals surface area contributed by atoms with Crippen LogP contribution in [0.3, 0.4) is 0 Å². The van der Waals surface area contributed by atoms with E-state index in [0.29, 0.717) is 20.7 Å². The maximum absolute atomic E-state index is 11.0. The highest BCUT2D eigenvalue weighted by molar-refractivity contribution is 9.10. The zero-order valence-corrected chi connectivity index (χ0v) is 8.69. The Bertz CT molecular complexity index is 394. The van der Waals surface area contributed by atoms with Crippen molar-refractivity contribution in [3.63, 3.8) is 0 Å². The van der Waals surface area contributed by atoms with Gasteiger partial charge in [-0.15, -0.1) is 0 Å². The molecule has 1 aliphatic rings. The van der Waals surface area contributed by atoms with Gasteiger partial charge in [-0.3, -0.25) is 4.79 Å². The number of anilines is 1. The van der Waals surface area contributed by atoms with Crippen molar-refractivity contribution >= 4 is 39.1 Å². The molecule has 0 fully saturated rings. The molecule has 3 nitrogen and oxygen atoms in total. The van der Waals surface area contributed by atoms with Crippen molar-refractivity contribution in [1.29, 1.82) is 0 Å². The Morgan fingerprint density at radius 2 is 2.23 bits per heavy atom. The van der Waals surface area contributed by atoms with Gasteiger partial charge in [-0.05, 0) is 28.1 Å². The van der Waals surface area contributed by atoms with E-state index in [9.17, 15) is 9.90 Å². The number of aliphatic hydroxyl groups excluding tert-OH is 1. The lowest BCUT2D eigenvalue weighted by Gasteiger charge is -2.02. The van der Waals surface area contributed by atoms with Gasteiger partial charge in [-0.25, -0.2) is 0 Å². The molecule has 13 heavy (non-hydrogen) atoms. The normalized spacial score (nSPS) is 19.9. The van der Waals surface area contributed by atoms with E-state index in [2.05, 4.69) is 21.2 Å². The van der Waals surface area contributed by atoms with Crippen molar-refractivity contribution in [3.05, 3.63) is 27.2 Å². The van der Waals surface area contributed by atoms with Crippen LogP contribution in [0, 0.1) is 0 Å². The molecule has 1 aromatic rings. The summed E-state index contributed by atoms with van der Waals surface area (Å²) in [4.78, 5) is 11.0. The Kier molecular flexibility index (Phi) is 2.06. The standard InChI is InChI=1S/C8H5BrClNO2/c9-4-1-3-6(2-5(4)10)11-8(13)7(3)12/h1-2,7,12H,(H,11,13). The van der Waals surface area contributed by atoms with Gasteiger partial charge in [0.1, 0.15) is 0 Å². The van der Waals surface area contributed by atoms with Crippen LogP contribution >= 0.6 is 27.5 Å². The fourth-order valence-corrected chi connectivity index (χ4v) is 1.76. The average molecular weight is 262 g/mol. The van der Waals surface area contributed by atoms with E-state index in [1.807, 2.05) is 0 Å². The van der Waals surface area contributed by atoms with Crippen LogP contribution < -0.4 is 5.32 Å². The molecule has 0 saturated carbocycles. The third kappa shape index (κ3) is 1.35. The highest BCUT2D eigenvalue weighted by Gasteiger charge is 2.29. The molecule has 0 saturated heterocycles. The third-order valence-electron chi connectivity index (χ3n) is 1.89. The predicted octanol–water partition coefficient (Wildman–Crippen LogP) is 2.09. The second-order valence-corrected chi connectivity index (χ2v) is 4.01. The molecule has 68 valence electrons. The van der Waals surface area contributed by atoms with Crippen LogP contribution in [-0.2, 0) is 4.79 Å². The van der Waals surface area contributed by atoms with Crippen molar-refractivity contribution in [1.82, 2.24) is 0 Å². The van der Waals surface area contributed by atoms with Crippen LogP contribution in [0.5, 0.6) is 0 Å². The Labute approximate surface area is 87.8 Å². The SMILES string of the molecule is O=C1Nc2cc(Cl)c(Br)cc2C1O. The lowest BCUT2D eigenvalue weighted by molar-refractivity contribution is -0.123. The Hall–Kier alpha value is -0.580. The number of halogens is 2. The minimum atomic E-state index is -1.08. The summed E-state index contributed by atoms with van der Waals surface area (Å²) in [5.74, 6) is -0.413. The van der Waals surface area contributed by atoms with Gasteiger partial charge in [0.05, 0.1) is 5.02 Å². The summed E-state index contributed by atoms with van der Waals surface area (Å²) in [6, 6.07) is 3.25. The first kappa shape index (κ1) is 8.99. The molecule has 2 N–H and O–H groups in total. The van der Waals surface area contributed by atoms with Gasteiger partial charge in [0.15, 0.2) is 6.10 Å². The van der Waals surface area contributed by atoms with E-state index < -0.39 is 12.0 Å². The number of amides is 1. The minimum Gasteiger partial charge on any atom is -0.378 e.